The van der Waals surface area contributed by atoms with E-state index < -0.39 is 0 Å². The lowest BCUT2D eigenvalue weighted by Crippen LogP contribution is -2.27. The number of nitrogens with one attached hydrogen (secondary N) is 1. The number of hydrogen-bond acceptors (Lipinski definition) is 2. The Hall–Kier alpha value is -2.26. The van der Waals surface area contributed by atoms with Gasteiger partial charge < -0.3 is 5.32 Å². The number of benzene rings is 3. The molecule has 0 aliphatic heterocycles. The molecule has 0 heterocycles. The van der Waals surface area contributed by atoms with Crippen LogP contribution in [0.4, 0.5) is 0 Å². The van der Waals surface area contributed by atoms with Crippen molar-refractivity contribution in [2.75, 3.05) is 12.3 Å². The van der Waals surface area contributed by atoms with Crippen LogP contribution in [0, 0.1) is 0 Å². The number of fused-ring (bicyclic) bond motifs is 1. The van der Waals surface area contributed by atoms with E-state index in [2.05, 4.69) is 41.7 Å². The lowest BCUT2D eigenvalue weighted by atomic mass is 10.1. The molecule has 0 aliphatic rings. The van der Waals surface area contributed by atoms with Gasteiger partial charge in [0.05, 0.1) is 6.42 Å². The summed E-state index contributed by atoms with van der Waals surface area (Å²) < 4.78 is 0. The fourth-order valence-corrected chi connectivity index (χ4v) is 3.26. The quantitative estimate of drug-likeness (QED) is 0.542. The fourth-order valence-electron chi connectivity index (χ4n) is 2.47. The molecule has 23 heavy (non-hydrogen) atoms. The van der Waals surface area contributed by atoms with Crippen molar-refractivity contribution >= 4 is 28.4 Å². The summed E-state index contributed by atoms with van der Waals surface area (Å²) in [6.45, 7) is 0.686. The zero-order valence-electron chi connectivity index (χ0n) is 12.9. The molecule has 3 aromatic carbocycles. The highest BCUT2D eigenvalue weighted by molar-refractivity contribution is 7.99. The summed E-state index contributed by atoms with van der Waals surface area (Å²) >= 11 is 1.76. The Balaban J connectivity index is 1.46. The van der Waals surface area contributed by atoms with E-state index in [-0.39, 0.29) is 5.91 Å². The molecule has 0 saturated heterocycles. The summed E-state index contributed by atoms with van der Waals surface area (Å²) in [5, 5.41) is 5.37. The van der Waals surface area contributed by atoms with Crippen LogP contribution in [0.15, 0.2) is 77.7 Å². The number of hydrogen-bond donors (Lipinski definition) is 1. The van der Waals surface area contributed by atoms with Crippen molar-refractivity contribution in [3.8, 4) is 0 Å². The molecular formula is C20H19NOS. The van der Waals surface area contributed by atoms with Crippen LogP contribution in [0.1, 0.15) is 5.56 Å². The zero-order chi connectivity index (χ0) is 15.9. The zero-order valence-corrected chi connectivity index (χ0v) is 13.7. The van der Waals surface area contributed by atoms with Gasteiger partial charge in [-0.2, -0.15) is 0 Å². The molecule has 116 valence electrons. The minimum atomic E-state index is 0.0777. The first-order valence-corrected chi connectivity index (χ1v) is 8.72. The molecule has 3 rings (SSSR count). The van der Waals surface area contributed by atoms with Crippen molar-refractivity contribution in [2.45, 2.75) is 11.3 Å². The van der Waals surface area contributed by atoms with Crippen molar-refractivity contribution in [1.29, 1.82) is 0 Å². The Morgan fingerprint density at radius 2 is 1.61 bits per heavy atom. The maximum Gasteiger partial charge on any atom is 0.224 e. The topological polar surface area (TPSA) is 29.1 Å². The van der Waals surface area contributed by atoms with Crippen molar-refractivity contribution in [1.82, 2.24) is 5.32 Å². The highest BCUT2D eigenvalue weighted by atomic mass is 32.2. The second kappa shape index (κ2) is 7.84. The van der Waals surface area contributed by atoms with Gasteiger partial charge in [0.1, 0.15) is 0 Å². The molecule has 1 amide bonds. The summed E-state index contributed by atoms with van der Waals surface area (Å²) in [6.07, 6.45) is 0.431. The van der Waals surface area contributed by atoms with E-state index >= 15 is 0 Å². The Labute approximate surface area is 140 Å². The Kier molecular flexibility index (Phi) is 5.33. The van der Waals surface area contributed by atoms with Gasteiger partial charge in [-0.05, 0) is 28.5 Å². The van der Waals surface area contributed by atoms with Crippen LogP contribution in [0.25, 0.3) is 10.8 Å². The normalized spacial score (nSPS) is 10.6. The Bertz CT molecular complexity index is 786. The Morgan fingerprint density at radius 1 is 0.870 bits per heavy atom. The minimum Gasteiger partial charge on any atom is -0.355 e. The predicted molar refractivity (Wildman–Crippen MR) is 97.8 cm³/mol. The first-order valence-electron chi connectivity index (χ1n) is 7.73. The monoisotopic (exact) mass is 321 g/mol. The molecular weight excluding hydrogens is 302 g/mol. The average molecular weight is 321 g/mol. The molecule has 0 aliphatic carbocycles. The SMILES string of the molecule is O=C(Cc1ccc2ccccc2c1)NCCSc1ccccc1. The molecule has 1 N–H and O–H groups in total. The highest BCUT2D eigenvalue weighted by Gasteiger charge is 2.04. The van der Waals surface area contributed by atoms with Gasteiger partial charge >= 0.3 is 0 Å². The fraction of sp³-hybridized carbons (Fsp3) is 0.150. The number of carbonyl (C=O) groups excluding carboxylic acids is 1. The smallest absolute Gasteiger partial charge is 0.224 e. The van der Waals surface area contributed by atoms with Crippen molar-refractivity contribution in [2.24, 2.45) is 0 Å². The van der Waals surface area contributed by atoms with Crippen molar-refractivity contribution in [3.63, 3.8) is 0 Å². The van der Waals surface area contributed by atoms with Crippen LogP contribution in [0.3, 0.4) is 0 Å². The number of thioether (sulfide) groups is 1. The molecule has 0 saturated carbocycles. The minimum absolute atomic E-state index is 0.0777. The lowest BCUT2D eigenvalue weighted by molar-refractivity contribution is -0.120. The molecule has 0 unspecified atom stereocenters. The standard InChI is InChI=1S/C20H19NOS/c22-20(21-12-13-23-19-8-2-1-3-9-19)15-16-10-11-17-6-4-5-7-18(17)14-16/h1-11,14H,12-13,15H2,(H,21,22). The van der Waals surface area contributed by atoms with E-state index in [9.17, 15) is 4.79 Å². The molecule has 0 spiro atoms. The Morgan fingerprint density at radius 3 is 2.43 bits per heavy atom. The second-order valence-corrected chi connectivity index (χ2v) is 6.54. The molecule has 0 aromatic heterocycles. The summed E-state index contributed by atoms with van der Waals surface area (Å²) in [4.78, 5) is 13.3. The summed E-state index contributed by atoms with van der Waals surface area (Å²) in [6, 6.07) is 24.6. The van der Waals surface area contributed by atoms with Crippen molar-refractivity contribution in [3.05, 3.63) is 78.4 Å². The molecule has 0 fully saturated rings. The van der Waals surface area contributed by atoms with Gasteiger partial charge in [0.15, 0.2) is 0 Å². The van der Waals surface area contributed by atoms with E-state index in [1.165, 1.54) is 15.7 Å². The largest absolute Gasteiger partial charge is 0.355 e. The van der Waals surface area contributed by atoms with E-state index in [0.717, 1.165) is 11.3 Å². The van der Waals surface area contributed by atoms with Crippen LogP contribution >= 0.6 is 11.8 Å². The van der Waals surface area contributed by atoms with Gasteiger partial charge in [-0.3, -0.25) is 4.79 Å². The van der Waals surface area contributed by atoms with E-state index in [0.29, 0.717) is 13.0 Å². The molecule has 3 aromatic rings. The summed E-state index contributed by atoms with van der Waals surface area (Å²) in [5.74, 6) is 0.960. The lowest BCUT2D eigenvalue weighted by Gasteiger charge is -2.06. The average Bonchev–Trinajstić information content (AvgIpc) is 2.59. The molecule has 3 heteroatoms. The van der Waals surface area contributed by atoms with Crippen LogP contribution in [-0.4, -0.2) is 18.2 Å². The first kappa shape index (κ1) is 15.6. The van der Waals surface area contributed by atoms with Crippen LogP contribution in [-0.2, 0) is 11.2 Å². The van der Waals surface area contributed by atoms with E-state index in [4.69, 9.17) is 0 Å². The summed E-state index contributed by atoms with van der Waals surface area (Å²) in [5.41, 5.74) is 1.05. The van der Waals surface area contributed by atoms with Crippen LogP contribution in [0.5, 0.6) is 0 Å². The molecule has 0 bridgehead atoms. The molecule has 0 radical (unpaired) electrons. The van der Waals surface area contributed by atoms with Crippen molar-refractivity contribution < 1.29 is 4.79 Å². The van der Waals surface area contributed by atoms with Gasteiger partial charge in [0, 0.05) is 17.2 Å². The molecule has 2 nitrogen and oxygen atoms in total. The van der Waals surface area contributed by atoms with Gasteiger partial charge in [0.2, 0.25) is 5.91 Å². The predicted octanol–water partition coefficient (Wildman–Crippen LogP) is 4.29. The maximum absolute atomic E-state index is 12.0. The molecule has 0 atom stereocenters. The van der Waals surface area contributed by atoms with Gasteiger partial charge in [0.25, 0.3) is 0 Å². The third kappa shape index (κ3) is 4.60. The first-order chi connectivity index (χ1) is 11.3. The highest BCUT2D eigenvalue weighted by Crippen LogP contribution is 2.17. The third-order valence-corrected chi connectivity index (χ3v) is 4.63. The van der Waals surface area contributed by atoms with Crippen LogP contribution in [0.2, 0.25) is 0 Å². The van der Waals surface area contributed by atoms with Gasteiger partial charge in [-0.1, -0.05) is 60.7 Å². The van der Waals surface area contributed by atoms with Gasteiger partial charge in [-0.25, -0.2) is 0 Å². The number of carbonyl (C=O) groups is 1. The van der Waals surface area contributed by atoms with Crippen LogP contribution < -0.4 is 5.32 Å². The van der Waals surface area contributed by atoms with E-state index in [1.54, 1.807) is 11.8 Å². The van der Waals surface area contributed by atoms with Gasteiger partial charge in [-0.15, -0.1) is 11.8 Å². The van der Waals surface area contributed by atoms with E-state index in [1.807, 2.05) is 36.4 Å². The number of rotatable bonds is 6. The summed E-state index contributed by atoms with van der Waals surface area (Å²) in [7, 11) is 0. The third-order valence-electron chi connectivity index (χ3n) is 3.61. The maximum atomic E-state index is 12.0. The number of amides is 1. The second-order valence-electron chi connectivity index (χ2n) is 5.37.